The number of carbonyl (C=O) groups excluding carboxylic acids is 2. The number of rotatable bonds is 1. The lowest BCUT2D eigenvalue weighted by molar-refractivity contribution is -0.134. The Balaban J connectivity index is 2.37. The molecule has 1 N–H and O–H groups in total. The molecule has 1 atom stereocenters. The molecule has 3 nitrogen and oxygen atoms in total. The van der Waals surface area contributed by atoms with Crippen LogP contribution in [-0.4, -0.2) is 11.8 Å². The summed E-state index contributed by atoms with van der Waals surface area (Å²) in [6, 6.07) is 2.77. The predicted octanol–water partition coefficient (Wildman–Crippen LogP) is 2.31. The summed E-state index contributed by atoms with van der Waals surface area (Å²) in [5.74, 6) is -1.65. The molecule has 1 unspecified atom stereocenters. The van der Waals surface area contributed by atoms with Crippen molar-refractivity contribution in [1.29, 1.82) is 0 Å². The van der Waals surface area contributed by atoms with Gasteiger partial charge in [-0.2, -0.15) is 0 Å². The van der Waals surface area contributed by atoms with Crippen molar-refractivity contribution in [3.05, 3.63) is 34.1 Å². The first kappa shape index (κ1) is 12.0. The SMILES string of the molecule is Cc1cc(Cl)c(C2CCC(=O)NC2=O)cc1F. The molecular weight excluding hydrogens is 245 g/mol. The summed E-state index contributed by atoms with van der Waals surface area (Å²) < 4.78 is 13.5. The first-order chi connectivity index (χ1) is 7.99. The second-order valence-electron chi connectivity index (χ2n) is 4.13. The number of amides is 2. The Morgan fingerprint density at radius 2 is 2.12 bits per heavy atom. The Labute approximate surface area is 103 Å². The van der Waals surface area contributed by atoms with Gasteiger partial charge in [-0.15, -0.1) is 0 Å². The van der Waals surface area contributed by atoms with E-state index in [0.29, 0.717) is 22.6 Å². The van der Waals surface area contributed by atoms with E-state index in [0.717, 1.165) is 0 Å². The monoisotopic (exact) mass is 255 g/mol. The van der Waals surface area contributed by atoms with Crippen molar-refractivity contribution in [2.45, 2.75) is 25.7 Å². The van der Waals surface area contributed by atoms with Gasteiger partial charge >= 0.3 is 0 Å². The number of carbonyl (C=O) groups is 2. The number of aryl methyl sites for hydroxylation is 1. The molecule has 0 radical (unpaired) electrons. The lowest BCUT2D eigenvalue weighted by Crippen LogP contribution is -2.39. The summed E-state index contributed by atoms with van der Waals surface area (Å²) in [5.41, 5.74) is 0.880. The van der Waals surface area contributed by atoms with Crippen LogP contribution in [0.2, 0.25) is 5.02 Å². The van der Waals surface area contributed by atoms with E-state index in [2.05, 4.69) is 5.32 Å². The average Bonchev–Trinajstić information content (AvgIpc) is 2.24. The van der Waals surface area contributed by atoms with E-state index in [1.807, 2.05) is 0 Å². The lowest BCUT2D eigenvalue weighted by atomic mass is 9.90. The number of benzene rings is 1. The van der Waals surface area contributed by atoms with Gasteiger partial charge in [0.05, 0.1) is 5.92 Å². The van der Waals surface area contributed by atoms with E-state index in [1.54, 1.807) is 6.92 Å². The number of imide groups is 1. The van der Waals surface area contributed by atoms with Crippen LogP contribution in [0.25, 0.3) is 0 Å². The van der Waals surface area contributed by atoms with Gasteiger partial charge in [-0.05, 0) is 36.6 Å². The molecule has 1 heterocycles. The fourth-order valence-corrected chi connectivity index (χ4v) is 2.27. The van der Waals surface area contributed by atoms with Crippen LogP contribution in [0.1, 0.15) is 29.9 Å². The molecule has 0 saturated carbocycles. The Bertz CT molecular complexity index is 502. The fraction of sp³-hybridized carbons (Fsp3) is 0.333. The highest BCUT2D eigenvalue weighted by Crippen LogP contribution is 2.32. The number of nitrogens with one attached hydrogen (secondary N) is 1. The predicted molar refractivity (Wildman–Crippen MR) is 61.3 cm³/mol. The third-order valence-corrected chi connectivity index (χ3v) is 3.22. The average molecular weight is 256 g/mol. The molecule has 1 aromatic carbocycles. The number of hydrogen-bond donors (Lipinski definition) is 1. The van der Waals surface area contributed by atoms with E-state index in [1.165, 1.54) is 12.1 Å². The van der Waals surface area contributed by atoms with Crippen LogP contribution in [-0.2, 0) is 9.59 Å². The Morgan fingerprint density at radius 1 is 1.41 bits per heavy atom. The van der Waals surface area contributed by atoms with Gasteiger partial charge < -0.3 is 0 Å². The molecule has 1 fully saturated rings. The van der Waals surface area contributed by atoms with Crippen LogP contribution in [0.15, 0.2) is 12.1 Å². The second-order valence-corrected chi connectivity index (χ2v) is 4.53. The molecule has 0 spiro atoms. The highest BCUT2D eigenvalue weighted by atomic mass is 35.5. The summed E-state index contributed by atoms with van der Waals surface area (Å²) in [6.45, 7) is 1.61. The summed E-state index contributed by atoms with van der Waals surface area (Å²) in [7, 11) is 0. The first-order valence-corrected chi connectivity index (χ1v) is 5.66. The van der Waals surface area contributed by atoms with Gasteiger partial charge in [-0.1, -0.05) is 11.6 Å². The van der Waals surface area contributed by atoms with E-state index in [-0.39, 0.29) is 12.3 Å². The standard InChI is InChI=1S/C12H11ClFNO2/c1-6-4-9(13)8(5-10(6)14)7-2-3-11(16)15-12(7)17/h4-5,7H,2-3H2,1H3,(H,15,16,17). The maximum atomic E-state index is 13.5. The lowest BCUT2D eigenvalue weighted by Gasteiger charge is -2.22. The number of hydrogen-bond acceptors (Lipinski definition) is 2. The van der Waals surface area contributed by atoms with Gasteiger partial charge in [-0.25, -0.2) is 4.39 Å². The van der Waals surface area contributed by atoms with Gasteiger partial charge in [0.1, 0.15) is 5.82 Å². The Hall–Kier alpha value is -1.42. The first-order valence-electron chi connectivity index (χ1n) is 5.28. The van der Waals surface area contributed by atoms with E-state index < -0.39 is 17.6 Å². The maximum Gasteiger partial charge on any atom is 0.234 e. The highest BCUT2D eigenvalue weighted by Gasteiger charge is 2.29. The van der Waals surface area contributed by atoms with Crippen LogP contribution in [0.3, 0.4) is 0 Å². The molecule has 2 amide bonds. The summed E-state index contributed by atoms with van der Waals surface area (Å²) in [6.07, 6.45) is 0.620. The molecule has 0 aliphatic carbocycles. The van der Waals surface area contributed by atoms with Crippen molar-refractivity contribution in [3.8, 4) is 0 Å². The van der Waals surface area contributed by atoms with Crippen LogP contribution in [0.4, 0.5) is 4.39 Å². The molecule has 5 heteroatoms. The maximum absolute atomic E-state index is 13.5. The quantitative estimate of drug-likeness (QED) is 0.783. The largest absolute Gasteiger partial charge is 0.296 e. The summed E-state index contributed by atoms with van der Waals surface area (Å²) >= 11 is 6.00. The molecule has 90 valence electrons. The van der Waals surface area contributed by atoms with Crippen molar-refractivity contribution in [2.75, 3.05) is 0 Å². The Morgan fingerprint density at radius 3 is 2.76 bits per heavy atom. The Kier molecular flexibility index (Phi) is 3.15. The zero-order chi connectivity index (χ0) is 12.6. The van der Waals surface area contributed by atoms with Crippen LogP contribution < -0.4 is 5.32 Å². The molecule has 17 heavy (non-hydrogen) atoms. The van der Waals surface area contributed by atoms with Gasteiger partial charge in [-0.3, -0.25) is 14.9 Å². The molecule has 0 bridgehead atoms. The number of piperidine rings is 1. The van der Waals surface area contributed by atoms with Crippen LogP contribution in [0, 0.1) is 12.7 Å². The van der Waals surface area contributed by atoms with Crippen molar-refractivity contribution >= 4 is 23.4 Å². The van der Waals surface area contributed by atoms with Crippen LogP contribution >= 0.6 is 11.6 Å². The third-order valence-electron chi connectivity index (χ3n) is 2.89. The third kappa shape index (κ3) is 2.31. The molecular formula is C12H11ClFNO2. The molecule has 1 aliphatic rings. The second kappa shape index (κ2) is 4.45. The normalized spacial score (nSPS) is 20.3. The minimum Gasteiger partial charge on any atom is -0.296 e. The van der Waals surface area contributed by atoms with Crippen LogP contribution in [0.5, 0.6) is 0 Å². The van der Waals surface area contributed by atoms with Crippen molar-refractivity contribution < 1.29 is 14.0 Å². The van der Waals surface area contributed by atoms with Crippen molar-refractivity contribution in [2.24, 2.45) is 0 Å². The molecule has 1 aromatic rings. The van der Waals surface area contributed by atoms with Crippen molar-refractivity contribution in [3.63, 3.8) is 0 Å². The van der Waals surface area contributed by atoms with Gasteiger partial charge in [0.25, 0.3) is 0 Å². The molecule has 2 rings (SSSR count). The molecule has 1 aliphatic heterocycles. The highest BCUT2D eigenvalue weighted by molar-refractivity contribution is 6.31. The minimum atomic E-state index is -0.546. The topological polar surface area (TPSA) is 46.2 Å². The fourth-order valence-electron chi connectivity index (χ4n) is 1.92. The minimum absolute atomic E-state index is 0.252. The smallest absolute Gasteiger partial charge is 0.234 e. The van der Waals surface area contributed by atoms with E-state index in [9.17, 15) is 14.0 Å². The zero-order valence-corrected chi connectivity index (χ0v) is 9.97. The molecule has 0 aromatic heterocycles. The summed E-state index contributed by atoms with van der Waals surface area (Å²) in [5, 5.41) is 2.59. The van der Waals surface area contributed by atoms with E-state index >= 15 is 0 Å². The summed E-state index contributed by atoms with van der Waals surface area (Å²) in [4.78, 5) is 22.7. The van der Waals surface area contributed by atoms with Gasteiger partial charge in [0.2, 0.25) is 11.8 Å². The molecule has 1 saturated heterocycles. The zero-order valence-electron chi connectivity index (χ0n) is 9.22. The number of halogens is 2. The van der Waals surface area contributed by atoms with E-state index in [4.69, 9.17) is 11.6 Å². The van der Waals surface area contributed by atoms with Gasteiger partial charge in [0, 0.05) is 11.4 Å². The van der Waals surface area contributed by atoms with Gasteiger partial charge in [0.15, 0.2) is 0 Å². The van der Waals surface area contributed by atoms with Crippen molar-refractivity contribution in [1.82, 2.24) is 5.32 Å².